The van der Waals surface area contributed by atoms with Gasteiger partial charge >= 0.3 is 0 Å². The number of hydrogen-bond donors (Lipinski definition) is 2. The summed E-state index contributed by atoms with van der Waals surface area (Å²) >= 11 is 0. The van der Waals surface area contributed by atoms with E-state index in [1.54, 1.807) is 13.3 Å². The molecule has 31 heavy (non-hydrogen) atoms. The number of hydrogen-bond acceptors (Lipinski definition) is 5. The first-order valence-corrected chi connectivity index (χ1v) is 10.8. The van der Waals surface area contributed by atoms with Crippen molar-refractivity contribution in [2.75, 3.05) is 20.3 Å². The molecule has 0 bridgehead atoms. The molecular formula is C25H27N3O3. The molecule has 1 aliphatic carbocycles. The number of nitrogens with one attached hydrogen (secondary N) is 2. The van der Waals surface area contributed by atoms with E-state index in [-0.39, 0.29) is 5.91 Å². The van der Waals surface area contributed by atoms with Gasteiger partial charge in [0.05, 0.1) is 18.2 Å². The van der Waals surface area contributed by atoms with Crippen molar-refractivity contribution >= 4 is 16.8 Å². The Morgan fingerprint density at radius 1 is 1.23 bits per heavy atom. The van der Waals surface area contributed by atoms with Crippen LogP contribution in [0.25, 0.3) is 10.9 Å². The molecule has 1 aromatic heterocycles. The first kappa shape index (κ1) is 19.8. The van der Waals surface area contributed by atoms with Crippen LogP contribution >= 0.6 is 0 Å². The van der Waals surface area contributed by atoms with Crippen LogP contribution < -0.4 is 20.1 Å². The van der Waals surface area contributed by atoms with Crippen molar-refractivity contribution in [2.45, 2.75) is 37.8 Å². The molecule has 1 saturated heterocycles. The highest BCUT2D eigenvalue weighted by molar-refractivity contribution is 5.97. The molecule has 3 aromatic rings. The van der Waals surface area contributed by atoms with E-state index in [0.717, 1.165) is 59.3 Å². The number of amides is 1. The summed E-state index contributed by atoms with van der Waals surface area (Å²) in [5.74, 6) is 1.39. The number of ether oxygens (including phenoxy) is 2. The maximum absolute atomic E-state index is 13.3. The fourth-order valence-corrected chi connectivity index (χ4v) is 4.16. The van der Waals surface area contributed by atoms with Crippen molar-refractivity contribution in [3.63, 3.8) is 0 Å². The summed E-state index contributed by atoms with van der Waals surface area (Å²) < 4.78 is 11.4. The Labute approximate surface area is 182 Å². The zero-order valence-corrected chi connectivity index (χ0v) is 17.9. The van der Waals surface area contributed by atoms with Gasteiger partial charge in [0, 0.05) is 29.3 Å². The number of pyridine rings is 1. The van der Waals surface area contributed by atoms with Crippen LogP contribution in [-0.2, 0) is 5.54 Å². The van der Waals surface area contributed by atoms with Gasteiger partial charge in [-0.05, 0) is 68.1 Å². The van der Waals surface area contributed by atoms with Gasteiger partial charge in [0.2, 0.25) is 0 Å². The van der Waals surface area contributed by atoms with Crippen molar-refractivity contribution in [1.82, 2.24) is 15.6 Å². The van der Waals surface area contributed by atoms with E-state index in [4.69, 9.17) is 9.47 Å². The standard InChI is InChI=1S/C25H27N3O3/c1-16-5-6-18(31-15-17-7-11-26-17)12-21(16)24(29)28-25(8-9-25)22-13-19(30-2)14-23-20(22)4-3-10-27-23/h3-6,10,12-14,17,26H,7-9,11,15H2,1-2H3,(H,28,29). The molecule has 1 amide bonds. The fraction of sp³-hybridized carbons (Fsp3) is 0.360. The van der Waals surface area contributed by atoms with Crippen LogP contribution in [0.5, 0.6) is 11.5 Å². The lowest BCUT2D eigenvalue weighted by Crippen LogP contribution is -2.46. The van der Waals surface area contributed by atoms with Gasteiger partial charge in [-0.15, -0.1) is 0 Å². The van der Waals surface area contributed by atoms with E-state index < -0.39 is 5.54 Å². The second-order valence-electron chi connectivity index (χ2n) is 8.51. The van der Waals surface area contributed by atoms with Crippen molar-refractivity contribution in [2.24, 2.45) is 0 Å². The Hall–Kier alpha value is -3.12. The van der Waals surface area contributed by atoms with Crippen LogP contribution in [0.3, 0.4) is 0 Å². The number of aryl methyl sites for hydroxylation is 1. The van der Waals surface area contributed by atoms with Gasteiger partial charge in [-0.2, -0.15) is 0 Å². The van der Waals surface area contributed by atoms with Gasteiger partial charge in [0.15, 0.2) is 0 Å². The lowest BCUT2D eigenvalue weighted by molar-refractivity contribution is 0.0930. The molecule has 6 heteroatoms. The lowest BCUT2D eigenvalue weighted by Gasteiger charge is -2.27. The molecule has 6 nitrogen and oxygen atoms in total. The molecule has 0 spiro atoms. The Morgan fingerprint density at radius 3 is 2.77 bits per heavy atom. The molecule has 160 valence electrons. The van der Waals surface area contributed by atoms with Crippen LogP contribution in [0.2, 0.25) is 0 Å². The van der Waals surface area contributed by atoms with Crippen LogP contribution in [0.1, 0.15) is 40.7 Å². The summed E-state index contributed by atoms with van der Waals surface area (Å²) in [4.78, 5) is 17.8. The van der Waals surface area contributed by atoms with Crippen LogP contribution in [0, 0.1) is 6.92 Å². The summed E-state index contributed by atoms with van der Waals surface area (Å²) in [6.45, 7) is 3.62. The number of fused-ring (bicyclic) bond motifs is 1. The average molecular weight is 418 g/mol. The lowest BCUT2D eigenvalue weighted by atomic mass is 9.97. The molecule has 2 aromatic carbocycles. The zero-order valence-electron chi connectivity index (χ0n) is 17.9. The number of methoxy groups -OCH3 is 1. The van der Waals surface area contributed by atoms with Crippen molar-refractivity contribution in [3.8, 4) is 11.5 Å². The maximum Gasteiger partial charge on any atom is 0.252 e. The van der Waals surface area contributed by atoms with Gasteiger partial charge < -0.3 is 20.1 Å². The van der Waals surface area contributed by atoms with Gasteiger partial charge in [-0.25, -0.2) is 0 Å². The summed E-state index contributed by atoms with van der Waals surface area (Å²) in [5, 5.41) is 7.68. The highest BCUT2D eigenvalue weighted by atomic mass is 16.5. The number of benzene rings is 2. The quantitative estimate of drug-likeness (QED) is 0.613. The number of carbonyl (C=O) groups excluding carboxylic acids is 1. The highest BCUT2D eigenvalue weighted by Gasteiger charge is 2.47. The molecule has 2 N–H and O–H groups in total. The largest absolute Gasteiger partial charge is 0.497 e. The summed E-state index contributed by atoms with van der Waals surface area (Å²) in [6, 6.07) is 14.1. The topological polar surface area (TPSA) is 72.5 Å². The molecule has 1 saturated carbocycles. The van der Waals surface area contributed by atoms with E-state index in [9.17, 15) is 4.79 Å². The van der Waals surface area contributed by atoms with Crippen molar-refractivity contribution in [3.05, 3.63) is 65.4 Å². The second-order valence-corrected chi connectivity index (χ2v) is 8.51. The van der Waals surface area contributed by atoms with Crippen LogP contribution in [-0.4, -0.2) is 37.2 Å². The first-order chi connectivity index (χ1) is 15.1. The summed E-state index contributed by atoms with van der Waals surface area (Å²) in [6.07, 6.45) is 4.68. The molecule has 2 fully saturated rings. The van der Waals surface area contributed by atoms with Gasteiger partial charge in [-0.1, -0.05) is 12.1 Å². The monoisotopic (exact) mass is 417 g/mol. The van der Waals surface area contributed by atoms with Crippen LogP contribution in [0.15, 0.2) is 48.7 Å². The summed E-state index contributed by atoms with van der Waals surface area (Å²) in [7, 11) is 1.65. The number of nitrogens with zero attached hydrogens (tertiary/aromatic N) is 1. The minimum absolute atomic E-state index is 0.0814. The molecule has 0 radical (unpaired) electrons. The SMILES string of the molecule is COc1cc(C2(NC(=O)c3cc(OCC4CCN4)ccc3C)CC2)c2cccnc2c1. The number of aromatic nitrogens is 1. The third-order valence-corrected chi connectivity index (χ3v) is 6.38. The second kappa shape index (κ2) is 7.85. The van der Waals surface area contributed by atoms with Crippen molar-refractivity contribution in [1.29, 1.82) is 0 Å². The highest BCUT2D eigenvalue weighted by Crippen LogP contribution is 2.49. The fourth-order valence-electron chi connectivity index (χ4n) is 4.16. The molecular weight excluding hydrogens is 390 g/mol. The zero-order chi connectivity index (χ0) is 21.4. The number of carbonyl (C=O) groups is 1. The average Bonchev–Trinajstić information content (AvgIpc) is 3.53. The predicted octanol–water partition coefficient (Wildman–Crippen LogP) is 3.71. The van der Waals surface area contributed by atoms with E-state index in [1.807, 2.05) is 43.3 Å². The molecule has 5 rings (SSSR count). The molecule has 2 heterocycles. The minimum atomic E-state index is -0.397. The third-order valence-electron chi connectivity index (χ3n) is 6.38. The first-order valence-electron chi connectivity index (χ1n) is 10.8. The van der Waals surface area contributed by atoms with Crippen LogP contribution in [0.4, 0.5) is 0 Å². The van der Waals surface area contributed by atoms with E-state index in [0.29, 0.717) is 18.2 Å². The smallest absolute Gasteiger partial charge is 0.252 e. The predicted molar refractivity (Wildman–Crippen MR) is 120 cm³/mol. The van der Waals surface area contributed by atoms with E-state index in [2.05, 4.69) is 21.7 Å². The third kappa shape index (κ3) is 3.83. The molecule has 1 aliphatic heterocycles. The summed E-state index contributed by atoms with van der Waals surface area (Å²) in [5.41, 5.74) is 3.11. The minimum Gasteiger partial charge on any atom is -0.497 e. The normalized spacial score (nSPS) is 18.8. The van der Waals surface area contributed by atoms with E-state index in [1.165, 1.54) is 0 Å². The van der Waals surface area contributed by atoms with Gasteiger partial charge in [0.1, 0.15) is 18.1 Å². The van der Waals surface area contributed by atoms with Gasteiger partial charge in [-0.3, -0.25) is 9.78 Å². The number of rotatable bonds is 7. The molecule has 2 aliphatic rings. The van der Waals surface area contributed by atoms with Crippen molar-refractivity contribution < 1.29 is 14.3 Å². The van der Waals surface area contributed by atoms with E-state index >= 15 is 0 Å². The Balaban J connectivity index is 1.41. The molecule has 1 unspecified atom stereocenters. The Morgan fingerprint density at radius 2 is 2.06 bits per heavy atom. The Bertz CT molecular complexity index is 1140. The Kier molecular flexibility index (Phi) is 5.02. The molecule has 1 atom stereocenters. The maximum atomic E-state index is 13.3. The van der Waals surface area contributed by atoms with Gasteiger partial charge in [0.25, 0.3) is 5.91 Å².